The summed E-state index contributed by atoms with van der Waals surface area (Å²) in [5, 5.41) is 2.95. The topological polar surface area (TPSA) is 97.3 Å². The summed E-state index contributed by atoms with van der Waals surface area (Å²) in [6, 6.07) is 9.32. The van der Waals surface area contributed by atoms with Gasteiger partial charge in [-0.25, -0.2) is 9.97 Å². The number of aryl methyl sites for hydroxylation is 2. The van der Waals surface area contributed by atoms with Crippen LogP contribution < -0.4 is 10.2 Å². The molecular formula is C24H25N5O3. The van der Waals surface area contributed by atoms with Crippen LogP contribution in [0, 0.1) is 13.8 Å². The summed E-state index contributed by atoms with van der Waals surface area (Å²) in [6.07, 6.45) is 5.94. The predicted octanol–water partition coefficient (Wildman–Crippen LogP) is 2.49. The van der Waals surface area contributed by atoms with Crippen molar-refractivity contribution in [1.82, 2.24) is 20.3 Å². The number of aromatic nitrogens is 3. The van der Waals surface area contributed by atoms with Crippen LogP contribution in [0.4, 0.5) is 5.69 Å². The first-order valence-corrected chi connectivity index (χ1v) is 10.5. The number of carbonyl (C=O) groups is 2. The highest BCUT2D eigenvalue weighted by molar-refractivity contribution is 6.00. The number of nitrogens with one attached hydrogen (secondary N) is 1. The molecule has 32 heavy (non-hydrogen) atoms. The highest BCUT2D eigenvalue weighted by atomic mass is 16.5. The van der Waals surface area contributed by atoms with E-state index in [-0.39, 0.29) is 18.4 Å². The van der Waals surface area contributed by atoms with Crippen LogP contribution >= 0.6 is 0 Å². The number of rotatable bonds is 6. The third-order valence-corrected chi connectivity index (χ3v) is 5.22. The van der Waals surface area contributed by atoms with Gasteiger partial charge in [0.05, 0.1) is 12.3 Å². The second kappa shape index (κ2) is 9.65. The molecule has 1 aliphatic rings. The minimum absolute atomic E-state index is 0.0349. The fourth-order valence-corrected chi connectivity index (χ4v) is 3.45. The van der Waals surface area contributed by atoms with Crippen LogP contribution in [0.1, 0.15) is 27.3 Å². The van der Waals surface area contributed by atoms with E-state index >= 15 is 0 Å². The standard InChI is InChI=1S/C24H25N5O3/c1-16-3-4-22(28-12-16)19-9-20(11-21(10-19)29-7-8-32-15-23(29)30)24(31)25-6-5-18-13-26-17(2)27-14-18/h3-4,9-14H,5-8,15H2,1-2H3,(H,25,31). The van der Waals surface area contributed by atoms with Gasteiger partial charge in [0.25, 0.3) is 11.8 Å². The number of hydrogen-bond donors (Lipinski definition) is 1. The number of anilines is 1. The maximum absolute atomic E-state index is 13.0. The normalized spacial score (nSPS) is 13.8. The molecule has 0 unspecified atom stereocenters. The molecule has 4 rings (SSSR count). The lowest BCUT2D eigenvalue weighted by Gasteiger charge is -2.27. The molecule has 0 aliphatic carbocycles. The molecule has 164 valence electrons. The average molecular weight is 431 g/mol. The van der Waals surface area contributed by atoms with Crippen molar-refractivity contribution < 1.29 is 14.3 Å². The summed E-state index contributed by atoms with van der Waals surface area (Å²) in [5.74, 6) is 0.370. The Morgan fingerprint density at radius 3 is 2.62 bits per heavy atom. The molecule has 1 saturated heterocycles. The van der Waals surface area contributed by atoms with Crippen molar-refractivity contribution in [3.8, 4) is 11.3 Å². The molecule has 2 aromatic heterocycles. The van der Waals surface area contributed by atoms with Crippen LogP contribution in [0.3, 0.4) is 0 Å². The number of ether oxygens (including phenoxy) is 1. The molecule has 3 aromatic rings. The van der Waals surface area contributed by atoms with E-state index in [1.807, 2.05) is 32.0 Å². The van der Waals surface area contributed by atoms with Crippen molar-refractivity contribution in [2.24, 2.45) is 0 Å². The first-order chi connectivity index (χ1) is 15.5. The van der Waals surface area contributed by atoms with E-state index in [0.717, 1.165) is 22.4 Å². The Bertz CT molecular complexity index is 1110. The second-order valence-corrected chi connectivity index (χ2v) is 7.73. The number of amides is 2. The quantitative estimate of drug-likeness (QED) is 0.644. The first-order valence-electron chi connectivity index (χ1n) is 10.5. The van der Waals surface area contributed by atoms with Gasteiger partial charge in [-0.15, -0.1) is 0 Å². The fraction of sp³-hybridized carbons (Fsp3) is 0.292. The Labute approximate surface area is 186 Å². The molecular weight excluding hydrogens is 406 g/mol. The number of morpholine rings is 1. The second-order valence-electron chi connectivity index (χ2n) is 7.73. The van der Waals surface area contributed by atoms with Gasteiger partial charge in [-0.3, -0.25) is 14.6 Å². The molecule has 1 N–H and O–H groups in total. The molecule has 0 saturated carbocycles. The minimum atomic E-state index is -0.214. The fourth-order valence-electron chi connectivity index (χ4n) is 3.45. The summed E-state index contributed by atoms with van der Waals surface area (Å²) in [7, 11) is 0. The zero-order chi connectivity index (χ0) is 22.5. The van der Waals surface area contributed by atoms with Crippen molar-refractivity contribution in [3.05, 3.63) is 71.4 Å². The van der Waals surface area contributed by atoms with Gasteiger partial charge in [-0.2, -0.15) is 0 Å². The Balaban J connectivity index is 1.57. The van der Waals surface area contributed by atoms with Gasteiger partial charge in [0.15, 0.2) is 0 Å². The highest BCUT2D eigenvalue weighted by Crippen LogP contribution is 2.27. The number of pyridine rings is 1. The number of nitrogens with zero attached hydrogens (tertiary/aromatic N) is 4. The van der Waals surface area contributed by atoms with Crippen LogP contribution in [-0.2, 0) is 16.0 Å². The van der Waals surface area contributed by atoms with E-state index in [0.29, 0.717) is 43.2 Å². The van der Waals surface area contributed by atoms with E-state index < -0.39 is 0 Å². The van der Waals surface area contributed by atoms with Crippen molar-refractivity contribution in [2.75, 3.05) is 31.2 Å². The van der Waals surface area contributed by atoms with Gasteiger partial charge >= 0.3 is 0 Å². The van der Waals surface area contributed by atoms with Gasteiger partial charge in [-0.05, 0) is 55.7 Å². The summed E-state index contributed by atoms with van der Waals surface area (Å²) >= 11 is 0. The predicted molar refractivity (Wildman–Crippen MR) is 120 cm³/mol. The van der Waals surface area contributed by atoms with Crippen molar-refractivity contribution >= 4 is 17.5 Å². The average Bonchev–Trinajstić information content (AvgIpc) is 2.81. The van der Waals surface area contributed by atoms with Crippen LogP contribution in [-0.4, -0.2) is 53.1 Å². The molecule has 0 bridgehead atoms. The van der Waals surface area contributed by atoms with Gasteiger partial charge in [-0.1, -0.05) is 6.07 Å². The molecule has 2 amide bonds. The van der Waals surface area contributed by atoms with E-state index in [1.165, 1.54) is 0 Å². The zero-order valence-electron chi connectivity index (χ0n) is 18.2. The lowest BCUT2D eigenvalue weighted by atomic mass is 10.0. The maximum Gasteiger partial charge on any atom is 0.253 e. The summed E-state index contributed by atoms with van der Waals surface area (Å²) < 4.78 is 5.25. The Hall–Kier alpha value is -3.65. The zero-order valence-corrected chi connectivity index (χ0v) is 18.2. The lowest BCUT2D eigenvalue weighted by molar-refractivity contribution is -0.125. The summed E-state index contributed by atoms with van der Waals surface area (Å²) in [4.78, 5) is 39.8. The number of carbonyl (C=O) groups excluding carboxylic acids is 2. The molecule has 3 heterocycles. The summed E-state index contributed by atoms with van der Waals surface area (Å²) in [6.45, 7) is 5.18. The largest absolute Gasteiger partial charge is 0.370 e. The lowest BCUT2D eigenvalue weighted by Crippen LogP contribution is -2.41. The van der Waals surface area contributed by atoms with Gasteiger partial charge < -0.3 is 15.0 Å². The van der Waals surface area contributed by atoms with Crippen LogP contribution in [0.25, 0.3) is 11.3 Å². The maximum atomic E-state index is 13.0. The Kier molecular flexibility index (Phi) is 6.51. The van der Waals surface area contributed by atoms with E-state index in [4.69, 9.17) is 4.74 Å². The molecule has 8 heteroatoms. The third kappa shape index (κ3) is 5.15. The van der Waals surface area contributed by atoms with Crippen molar-refractivity contribution in [1.29, 1.82) is 0 Å². The van der Waals surface area contributed by atoms with E-state index in [9.17, 15) is 9.59 Å². The van der Waals surface area contributed by atoms with Gasteiger partial charge in [0.2, 0.25) is 0 Å². The third-order valence-electron chi connectivity index (χ3n) is 5.22. The van der Waals surface area contributed by atoms with Gasteiger partial charge in [0, 0.05) is 48.5 Å². The minimum Gasteiger partial charge on any atom is -0.370 e. The van der Waals surface area contributed by atoms with E-state index in [1.54, 1.807) is 35.6 Å². The Morgan fingerprint density at radius 1 is 1.09 bits per heavy atom. The molecule has 0 radical (unpaired) electrons. The molecule has 0 atom stereocenters. The molecule has 1 aliphatic heterocycles. The number of benzene rings is 1. The van der Waals surface area contributed by atoms with Crippen LogP contribution in [0.5, 0.6) is 0 Å². The monoisotopic (exact) mass is 431 g/mol. The Morgan fingerprint density at radius 2 is 1.91 bits per heavy atom. The van der Waals surface area contributed by atoms with Crippen LogP contribution in [0.15, 0.2) is 48.9 Å². The highest BCUT2D eigenvalue weighted by Gasteiger charge is 2.22. The van der Waals surface area contributed by atoms with Crippen molar-refractivity contribution in [3.63, 3.8) is 0 Å². The van der Waals surface area contributed by atoms with Crippen molar-refractivity contribution in [2.45, 2.75) is 20.3 Å². The first kappa shape index (κ1) is 21.6. The van der Waals surface area contributed by atoms with Crippen LogP contribution in [0.2, 0.25) is 0 Å². The number of hydrogen-bond acceptors (Lipinski definition) is 6. The molecule has 8 nitrogen and oxygen atoms in total. The molecule has 1 aromatic carbocycles. The van der Waals surface area contributed by atoms with E-state index in [2.05, 4.69) is 20.3 Å². The molecule has 0 spiro atoms. The molecule has 1 fully saturated rings. The smallest absolute Gasteiger partial charge is 0.253 e. The SMILES string of the molecule is Cc1ccc(-c2cc(C(=O)NCCc3cnc(C)nc3)cc(N3CCOCC3=O)c2)nc1. The summed E-state index contributed by atoms with van der Waals surface area (Å²) in [5.41, 5.74) is 4.65. The van der Waals surface area contributed by atoms with Gasteiger partial charge in [0.1, 0.15) is 12.4 Å².